The van der Waals surface area contributed by atoms with Crippen molar-refractivity contribution in [1.29, 1.82) is 5.26 Å². The molecule has 0 saturated carbocycles. The molecule has 72 valence electrons. The maximum atomic E-state index is 11.1. The first-order chi connectivity index (χ1) is 6.54. The second-order valence-corrected chi connectivity index (χ2v) is 4.79. The Bertz CT molecular complexity index is 481. The number of hydrogen-bond donors (Lipinski definition) is 0. The Morgan fingerprint density at radius 1 is 1.36 bits per heavy atom. The molecule has 0 aromatic heterocycles. The summed E-state index contributed by atoms with van der Waals surface area (Å²) in [6.45, 7) is 0. The van der Waals surface area contributed by atoms with E-state index in [0.717, 1.165) is 6.26 Å². The van der Waals surface area contributed by atoms with Crippen LogP contribution in [-0.4, -0.2) is 14.7 Å². The molecular weight excluding hydrogens is 198 g/mol. The van der Waals surface area contributed by atoms with Crippen molar-refractivity contribution in [3.05, 3.63) is 40.8 Å². The molecule has 0 heterocycles. The van der Waals surface area contributed by atoms with Crippen LogP contribution in [0.3, 0.4) is 0 Å². The number of allylic oxidation sites excluding steroid dienone is 1. The summed E-state index contributed by atoms with van der Waals surface area (Å²) in [6, 6.07) is 10.5. The normalized spacial score (nSPS) is 12.1. The van der Waals surface area contributed by atoms with E-state index in [1.54, 1.807) is 30.3 Å². The summed E-state index contributed by atoms with van der Waals surface area (Å²) in [4.78, 5) is -0.219. The lowest BCUT2D eigenvalue weighted by Crippen LogP contribution is -1.98. The fraction of sp³-hybridized carbons (Fsp3) is 0.100. The van der Waals surface area contributed by atoms with Gasteiger partial charge >= 0.3 is 0 Å². The SMILES string of the molecule is CS(=O)(=O)C(C#N)=Cc1ccccc1. The van der Waals surface area contributed by atoms with Crippen molar-refractivity contribution in [3.63, 3.8) is 0 Å². The van der Waals surface area contributed by atoms with E-state index in [1.165, 1.54) is 6.08 Å². The molecule has 3 nitrogen and oxygen atoms in total. The number of rotatable bonds is 2. The molecule has 4 heteroatoms. The minimum absolute atomic E-state index is 0.219. The van der Waals surface area contributed by atoms with Crippen molar-refractivity contribution in [2.75, 3.05) is 6.26 Å². The number of benzene rings is 1. The lowest BCUT2D eigenvalue weighted by molar-refractivity contribution is 0.609. The number of nitriles is 1. The average molecular weight is 207 g/mol. The first kappa shape index (κ1) is 10.5. The Labute approximate surface area is 83.2 Å². The van der Waals surface area contributed by atoms with Crippen LogP contribution >= 0.6 is 0 Å². The molecule has 0 N–H and O–H groups in total. The highest BCUT2D eigenvalue weighted by Crippen LogP contribution is 2.10. The van der Waals surface area contributed by atoms with Crippen LogP contribution in [0.4, 0.5) is 0 Å². The zero-order valence-corrected chi connectivity index (χ0v) is 8.45. The van der Waals surface area contributed by atoms with E-state index in [9.17, 15) is 8.42 Å². The van der Waals surface area contributed by atoms with Crippen molar-refractivity contribution < 1.29 is 8.42 Å². The maximum absolute atomic E-state index is 11.1. The third-order valence-corrected chi connectivity index (χ3v) is 2.62. The van der Waals surface area contributed by atoms with Crippen LogP contribution in [0.5, 0.6) is 0 Å². The van der Waals surface area contributed by atoms with Gasteiger partial charge in [-0.1, -0.05) is 30.3 Å². The van der Waals surface area contributed by atoms with Gasteiger partial charge in [0, 0.05) is 6.26 Å². The molecule has 1 aromatic carbocycles. The van der Waals surface area contributed by atoms with E-state index in [2.05, 4.69) is 0 Å². The molecule has 0 spiro atoms. The standard InChI is InChI=1S/C10H9NO2S/c1-14(12,13)10(8-11)7-9-5-3-2-4-6-9/h2-7H,1H3. The Morgan fingerprint density at radius 2 is 1.93 bits per heavy atom. The van der Waals surface area contributed by atoms with E-state index in [0.29, 0.717) is 5.56 Å². The quantitative estimate of drug-likeness (QED) is 0.692. The van der Waals surface area contributed by atoms with E-state index < -0.39 is 9.84 Å². The second-order valence-electron chi connectivity index (χ2n) is 2.80. The van der Waals surface area contributed by atoms with Crippen LogP contribution in [0.2, 0.25) is 0 Å². The van der Waals surface area contributed by atoms with Crippen molar-refractivity contribution >= 4 is 15.9 Å². The van der Waals surface area contributed by atoms with Crippen molar-refractivity contribution in [1.82, 2.24) is 0 Å². The highest BCUT2D eigenvalue weighted by atomic mass is 32.2. The Kier molecular flexibility index (Phi) is 3.05. The van der Waals surface area contributed by atoms with Crippen molar-refractivity contribution in [2.24, 2.45) is 0 Å². The van der Waals surface area contributed by atoms with Crippen molar-refractivity contribution in [2.45, 2.75) is 0 Å². The van der Waals surface area contributed by atoms with Crippen LogP contribution in [-0.2, 0) is 9.84 Å². The highest BCUT2D eigenvalue weighted by Gasteiger charge is 2.09. The minimum atomic E-state index is -3.41. The lowest BCUT2D eigenvalue weighted by atomic mass is 10.2. The van der Waals surface area contributed by atoms with Gasteiger partial charge in [0.1, 0.15) is 11.0 Å². The van der Waals surface area contributed by atoms with E-state index in [-0.39, 0.29) is 4.91 Å². The summed E-state index contributed by atoms with van der Waals surface area (Å²) in [5.74, 6) is 0. The third kappa shape index (κ3) is 2.71. The van der Waals surface area contributed by atoms with E-state index in [1.807, 2.05) is 6.07 Å². The highest BCUT2D eigenvalue weighted by molar-refractivity contribution is 7.95. The van der Waals surface area contributed by atoms with Gasteiger partial charge in [0.2, 0.25) is 0 Å². The summed E-state index contributed by atoms with van der Waals surface area (Å²) in [5.41, 5.74) is 0.703. The monoisotopic (exact) mass is 207 g/mol. The molecule has 0 unspecified atom stereocenters. The third-order valence-electron chi connectivity index (χ3n) is 1.61. The van der Waals surface area contributed by atoms with Gasteiger partial charge in [0.25, 0.3) is 0 Å². The molecule has 0 aliphatic carbocycles. The summed E-state index contributed by atoms with van der Waals surface area (Å²) in [5, 5.41) is 8.63. The topological polar surface area (TPSA) is 57.9 Å². The maximum Gasteiger partial charge on any atom is 0.185 e. The molecule has 0 atom stereocenters. The summed E-state index contributed by atoms with van der Waals surface area (Å²) in [7, 11) is -3.41. The van der Waals surface area contributed by atoms with Gasteiger partial charge in [-0.3, -0.25) is 0 Å². The first-order valence-corrected chi connectivity index (χ1v) is 5.80. The van der Waals surface area contributed by atoms with Gasteiger partial charge in [0.05, 0.1) is 0 Å². The predicted molar refractivity (Wildman–Crippen MR) is 54.9 cm³/mol. The average Bonchev–Trinajstić information content (AvgIpc) is 2.14. The second kappa shape index (κ2) is 4.07. The summed E-state index contributed by atoms with van der Waals surface area (Å²) >= 11 is 0. The van der Waals surface area contributed by atoms with Crippen LogP contribution in [0, 0.1) is 11.3 Å². The van der Waals surface area contributed by atoms with Gasteiger partial charge < -0.3 is 0 Å². The number of hydrogen-bond acceptors (Lipinski definition) is 3. The number of nitrogens with zero attached hydrogens (tertiary/aromatic N) is 1. The number of sulfone groups is 1. The van der Waals surface area contributed by atoms with E-state index >= 15 is 0 Å². The molecule has 0 aliphatic rings. The van der Waals surface area contributed by atoms with Crippen LogP contribution in [0.1, 0.15) is 5.56 Å². The van der Waals surface area contributed by atoms with Gasteiger partial charge in [-0.15, -0.1) is 0 Å². The van der Waals surface area contributed by atoms with Crippen LogP contribution in [0.15, 0.2) is 35.2 Å². The van der Waals surface area contributed by atoms with Gasteiger partial charge in [-0.05, 0) is 11.6 Å². The molecule has 0 aliphatic heterocycles. The fourth-order valence-electron chi connectivity index (χ4n) is 0.923. The van der Waals surface area contributed by atoms with E-state index in [4.69, 9.17) is 5.26 Å². The Balaban J connectivity index is 3.17. The predicted octanol–water partition coefficient (Wildman–Crippen LogP) is 1.60. The van der Waals surface area contributed by atoms with Crippen molar-refractivity contribution in [3.8, 4) is 6.07 Å². The zero-order valence-electron chi connectivity index (χ0n) is 7.64. The smallest absolute Gasteiger partial charge is 0.185 e. The molecule has 0 saturated heterocycles. The Hall–Kier alpha value is -1.60. The Morgan fingerprint density at radius 3 is 2.36 bits per heavy atom. The van der Waals surface area contributed by atoms with Gasteiger partial charge in [-0.25, -0.2) is 8.42 Å². The fourth-order valence-corrected chi connectivity index (χ4v) is 1.44. The van der Waals surface area contributed by atoms with Crippen LogP contribution < -0.4 is 0 Å². The molecule has 0 fully saturated rings. The zero-order chi connectivity index (χ0) is 10.6. The largest absolute Gasteiger partial charge is 0.223 e. The molecule has 0 bridgehead atoms. The molecule has 14 heavy (non-hydrogen) atoms. The van der Waals surface area contributed by atoms with Gasteiger partial charge in [-0.2, -0.15) is 5.26 Å². The first-order valence-electron chi connectivity index (χ1n) is 3.91. The molecule has 0 radical (unpaired) electrons. The summed E-state index contributed by atoms with van der Waals surface area (Å²) in [6.07, 6.45) is 2.38. The molecule has 0 amide bonds. The lowest BCUT2D eigenvalue weighted by Gasteiger charge is -1.95. The molecular formula is C10H9NO2S. The minimum Gasteiger partial charge on any atom is -0.223 e. The molecule has 1 aromatic rings. The summed E-state index contributed by atoms with van der Waals surface area (Å²) < 4.78 is 22.2. The van der Waals surface area contributed by atoms with Gasteiger partial charge in [0.15, 0.2) is 9.84 Å². The van der Waals surface area contributed by atoms with Crippen LogP contribution in [0.25, 0.3) is 6.08 Å². The molecule has 1 rings (SSSR count).